The highest BCUT2D eigenvalue weighted by Crippen LogP contribution is 2.20. The summed E-state index contributed by atoms with van der Waals surface area (Å²) in [5, 5.41) is 5.95. The van der Waals surface area contributed by atoms with E-state index in [1.807, 2.05) is 0 Å². The van der Waals surface area contributed by atoms with Crippen LogP contribution in [-0.2, 0) is 0 Å². The zero-order valence-electron chi connectivity index (χ0n) is 12.0. The Morgan fingerprint density at radius 3 is 2.60 bits per heavy atom. The van der Waals surface area contributed by atoms with Gasteiger partial charge in [-0.05, 0) is 28.8 Å². The molecule has 0 saturated heterocycles. The molecule has 0 radical (unpaired) electrons. The molecule has 0 aliphatic rings. The van der Waals surface area contributed by atoms with Gasteiger partial charge in [-0.2, -0.15) is 0 Å². The van der Waals surface area contributed by atoms with E-state index in [9.17, 15) is 0 Å². The quantitative estimate of drug-likeness (QED) is 0.788. The van der Waals surface area contributed by atoms with Crippen molar-refractivity contribution in [3.63, 3.8) is 0 Å². The highest BCUT2D eigenvalue weighted by atomic mass is 15.0. The first-order valence-corrected chi connectivity index (χ1v) is 7.19. The molecule has 2 rings (SSSR count). The number of fused-ring (bicyclic) bond motifs is 1. The zero-order chi connectivity index (χ0) is 14.4. The van der Waals surface area contributed by atoms with Crippen molar-refractivity contribution in [1.82, 2.24) is 5.32 Å². The summed E-state index contributed by atoms with van der Waals surface area (Å²) in [5.74, 6) is 2.81. The van der Waals surface area contributed by atoms with E-state index in [0.717, 1.165) is 12.8 Å². The van der Waals surface area contributed by atoms with Gasteiger partial charge in [0.25, 0.3) is 0 Å². The molecule has 2 aromatic carbocycles. The molecular formula is C18H22N2. The molecule has 20 heavy (non-hydrogen) atoms. The van der Waals surface area contributed by atoms with E-state index in [2.05, 4.69) is 60.6 Å². The van der Waals surface area contributed by atoms with Gasteiger partial charge >= 0.3 is 0 Å². The van der Waals surface area contributed by atoms with Crippen LogP contribution in [0.3, 0.4) is 0 Å². The highest BCUT2D eigenvalue weighted by molar-refractivity contribution is 5.83. The Labute approximate surface area is 121 Å². The minimum atomic E-state index is 0.0834. The second-order valence-electron chi connectivity index (χ2n) is 5.07. The van der Waals surface area contributed by atoms with Crippen LogP contribution in [0.25, 0.3) is 10.8 Å². The minimum absolute atomic E-state index is 0.0834. The molecule has 104 valence electrons. The van der Waals surface area contributed by atoms with Crippen molar-refractivity contribution < 1.29 is 0 Å². The van der Waals surface area contributed by atoms with Crippen molar-refractivity contribution in [3.8, 4) is 12.3 Å². The third-order valence-electron chi connectivity index (χ3n) is 3.59. The Bertz CT molecular complexity index is 598. The van der Waals surface area contributed by atoms with Crippen LogP contribution in [0.15, 0.2) is 42.5 Å². The van der Waals surface area contributed by atoms with Gasteiger partial charge in [0.2, 0.25) is 0 Å². The number of hydrogen-bond acceptors (Lipinski definition) is 2. The van der Waals surface area contributed by atoms with Crippen molar-refractivity contribution >= 4 is 10.8 Å². The summed E-state index contributed by atoms with van der Waals surface area (Å²) in [5.41, 5.74) is 7.11. The molecule has 0 fully saturated rings. The van der Waals surface area contributed by atoms with Gasteiger partial charge in [-0.1, -0.05) is 55.7 Å². The molecule has 0 aliphatic carbocycles. The molecule has 3 N–H and O–H groups in total. The predicted molar refractivity (Wildman–Crippen MR) is 86.4 cm³/mol. The van der Waals surface area contributed by atoms with Gasteiger partial charge in [-0.15, -0.1) is 6.42 Å². The van der Waals surface area contributed by atoms with E-state index >= 15 is 0 Å². The van der Waals surface area contributed by atoms with E-state index < -0.39 is 0 Å². The SMILES string of the molecule is C#CC(CCC)NC(CN)c1ccc2ccccc2c1. The first-order chi connectivity index (χ1) is 9.78. The van der Waals surface area contributed by atoms with Crippen LogP contribution in [0, 0.1) is 12.3 Å². The fourth-order valence-corrected chi connectivity index (χ4v) is 2.47. The number of rotatable bonds is 6. The maximum Gasteiger partial charge on any atom is 0.0692 e. The van der Waals surface area contributed by atoms with E-state index in [4.69, 9.17) is 12.2 Å². The van der Waals surface area contributed by atoms with Crippen molar-refractivity contribution in [2.75, 3.05) is 6.54 Å². The summed E-state index contributed by atoms with van der Waals surface area (Å²) >= 11 is 0. The lowest BCUT2D eigenvalue weighted by Gasteiger charge is -2.22. The average Bonchev–Trinajstić information content (AvgIpc) is 2.51. The third kappa shape index (κ3) is 3.39. The molecule has 0 saturated carbocycles. The fraction of sp³-hybridized carbons (Fsp3) is 0.333. The maximum absolute atomic E-state index is 5.92. The van der Waals surface area contributed by atoms with E-state index in [-0.39, 0.29) is 12.1 Å². The highest BCUT2D eigenvalue weighted by Gasteiger charge is 2.14. The largest absolute Gasteiger partial charge is 0.329 e. The number of benzene rings is 2. The normalized spacial score (nSPS) is 13.8. The van der Waals surface area contributed by atoms with Crippen LogP contribution < -0.4 is 11.1 Å². The second-order valence-corrected chi connectivity index (χ2v) is 5.07. The lowest BCUT2D eigenvalue weighted by atomic mass is 10.0. The van der Waals surface area contributed by atoms with Gasteiger partial charge in [0.1, 0.15) is 0 Å². The molecule has 0 aromatic heterocycles. The molecule has 0 heterocycles. The van der Waals surface area contributed by atoms with Crippen LogP contribution in [0.1, 0.15) is 31.4 Å². The summed E-state index contributed by atoms with van der Waals surface area (Å²) in [4.78, 5) is 0. The lowest BCUT2D eigenvalue weighted by Crippen LogP contribution is -2.35. The predicted octanol–water partition coefficient (Wildman–Crippen LogP) is 3.23. The Morgan fingerprint density at radius 1 is 1.20 bits per heavy atom. The van der Waals surface area contributed by atoms with Gasteiger partial charge in [0.05, 0.1) is 6.04 Å². The molecule has 2 atom stereocenters. The Kier molecular flexibility index (Phi) is 5.17. The second kappa shape index (κ2) is 7.09. The number of hydrogen-bond donors (Lipinski definition) is 2. The third-order valence-corrected chi connectivity index (χ3v) is 3.59. The van der Waals surface area contributed by atoms with Crippen LogP contribution in [0.4, 0.5) is 0 Å². The molecule has 2 heteroatoms. The summed E-state index contributed by atoms with van der Waals surface area (Å²) in [7, 11) is 0. The van der Waals surface area contributed by atoms with E-state index in [1.54, 1.807) is 0 Å². The van der Waals surface area contributed by atoms with Gasteiger partial charge in [-0.3, -0.25) is 5.32 Å². The number of terminal acetylenes is 1. The molecule has 0 amide bonds. The summed E-state index contributed by atoms with van der Waals surface area (Å²) < 4.78 is 0. The van der Waals surface area contributed by atoms with Crippen molar-refractivity contribution in [1.29, 1.82) is 0 Å². The van der Waals surface area contributed by atoms with Gasteiger partial charge in [0, 0.05) is 12.6 Å². The van der Waals surface area contributed by atoms with Crippen LogP contribution >= 0.6 is 0 Å². The fourth-order valence-electron chi connectivity index (χ4n) is 2.47. The van der Waals surface area contributed by atoms with Crippen LogP contribution in [0.2, 0.25) is 0 Å². The number of nitrogens with two attached hydrogens (primary N) is 1. The molecule has 0 bridgehead atoms. The summed E-state index contributed by atoms with van der Waals surface area (Å²) in [6.07, 6.45) is 7.62. The topological polar surface area (TPSA) is 38.0 Å². The van der Waals surface area contributed by atoms with Crippen molar-refractivity contribution in [2.45, 2.75) is 31.8 Å². The van der Waals surface area contributed by atoms with Gasteiger partial charge < -0.3 is 5.73 Å². The molecule has 2 aromatic rings. The Hall–Kier alpha value is -1.82. The molecular weight excluding hydrogens is 244 g/mol. The van der Waals surface area contributed by atoms with Crippen molar-refractivity contribution in [3.05, 3.63) is 48.0 Å². The van der Waals surface area contributed by atoms with Gasteiger partial charge in [0.15, 0.2) is 0 Å². The smallest absolute Gasteiger partial charge is 0.0692 e. The van der Waals surface area contributed by atoms with Crippen LogP contribution in [-0.4, -0.2) is 12.6 Å². The van der Waals surface area contributed by atoms with E-state index in [1.165, 1.54) is 16.3 Å². The molecule has 2 nitrogen and oxygen atoms in total. The maximum atomic E-state index is 5.92. The summed E-state index contributed by atoms with van der Waals surface area (Å²) in [6, 6.07) is 15.0. The van der Waals surface area contributed by atoms with Gasteiger partial charge in [-0.25, -0.2) is 0 Å². The van der Waals surface area contributed by atoms with Crippen LogP contribution in [0.5, 0.6) is 0 Å². The standard InChI is InChI=1S/C18H22N2/c1-3-7-17(4-2)20-18(13-19)16-11-10-14-8-5-6-9-15(14)12-16/h2,5-6,8-12,17-18,20H,3,7,13,19H2,1H3. The number of nitrogens with one attached hydrogen (secondary N) is 1. The van der Waals surface area contributed by atoms with E-state index in [0.29, 0.717) is 6.54 Å². The molecule has 0 aliphatic heterocycles. The Balaban J connectivity index is 2.23. The average molecular weight is 266 g/mol. The lowest BCUT2D eigenvalue weighted by molar-refractivity contribution is 0.476. The first kappa shape index (κ1) is 14.6. The monoisotopic (exact) mass is 266 g/mol. The first-order valence-electron chi connectivity index (χ1n) is 7.19. The minimum Gasteiger partial charge on any atom is -0.329 e. The molecule has 2 unspecified atom stereocenters. The summed E-state index contributed by atoms with van der Waals surface area (Å²) in [6.45, 7) is 2.68. The van der Waals surface area contributed by atoms with Crippen molar-refractivity contribution in [2.24, 2.45) is 5.73 Å². The Morgan fingerprint density at radius 2 is 1.95 bits per heavy atom. The molecule has 0 spiro atoms. The zero-order valence-corrected chi connectivity index (χ0v) is 12.0.